The molecule has 1 aromatic rings. The minimum absolute atomic E-state index is 0.801. The largest absolute Gasteiger partial charge is 0.478 e. The van der Waals surface area contributed by atoms with E-state index in [9.17, 15) is 4.79 Å². The fraction of sp³-hybridized carbons (Fsp3) is 0.625. The highest BCUT2D eigenvalue weighted by Gasteiger charge is 2.16. The van der Waals surface area contributed by atoms with Crippen molar-refractivity contribution >= 4 is 23.4 Å². The Morgan fingerprint density at radius 2 is 2.38 bits per heavy atom. The van der Waals surface area contributed by atoms with E-state index in [0.717, 1.165) is 40.9 Å². The Kier molecular flexibility index (Phi) is 5.94. The number of aryl methyl sites for hydroxylation is 1. The third kappa shape index (κ3) is 4.93. The lowest BCUT2D eigenvalue weighted by Crippen LogP contribution is -2.35. The van der Waals surface area contributed by atoms with Gasteiger partial charge in [-0.05, 0) is 37.8 Å². The number of hydrogen-bond donors (Lipinski definition) is 1. The highest BCUT2D eigenvalue weighted by atomic mass is 32.1. The van der Waals surface area contributed by atoms with Crippen molar-refractivity contribution < 1.29 is 9.90 Å². The van der Waals surface area contributed by atoms with E-state index in [1.165, 1.54) is 32.0 Å². The van der Waals surface area contributed by atoms with Crippen molar-refractivity contribution in [3.05, 3.63) is 21.7 Å². The third-order valence-electron chi connectivity index (χ3n) is 3.87. The van der Waals surface area contributed by atoms with Crippen LogP contribution in [-0.4, -0.2) is 40.6 Å². The van der Waals surface area contributed by atoms with Gasteiger partial charge in [-0.25, -0.2) is 9.78 Å². The SMILES string of the molecule is CCc1nc(CCN2CCCC(C)C2)sc1/C=C/C(=O)O. The van der Waals surface area contributed by atoms with Gasteiger partial charge < -0.3 is 10.0 Å². The number of carbonyl (C=O) groups is 1. The lowest BCUT2D eigenvalue weighted by atomic mass is 10.0. The first-order valence-electron chi connectivity index (χ1n) is 7.70. The molecule has 0 aliphatic carbocycles. The van der Waals surface area contributed by atoms with E-state index >= 15 is 0 Å². The first kappa shape index (κ1) is 16.2. The fourth-order valence-electron chi connectivity index (χ4n) is 2.80. The number of piperidine rings is 1. The molecular formula is C16H24N2O2S. The zero-order chi connectivity index (χ0) is 15.2. The number of aromatic nitrogens is 1. The zero-order valence-electron chi connectivity index (χ0n) is 12.8. The van der Waals surface area contributed by atoms with E-state index in [4.69, 9.17) is 5.11 Å². The molecule has 0 bridgehead atoms. The Bertz CT molecular complexity index is 510. The lowest BCUT2D eigenvalue weighted by Gasteiger charge is -2.30. The maximum Gasteiger partial charge on any atom is 0.328 e. The predicted octanol–water partition coefficient (Wildman–Crippen LogP) is 3.08. The van der Waals surface area contributed by atoms with Crippen molar-refractivity contribution in [2.45, 2.75) is 39.5 Å². The van der Waals surface area contributed by atoms with Crippen LogP contribution in [0.3, 0.4) is 0 Å². The van der Waals surface area contributed by atoms with Gasteiger partial charge >= 0.3 is 5.97 Å². The molecule has 116 valence electrons. The first-order chi connectivity index (χ1) is 10.1. The average molecular weight is 308 g/mol. The highest BCUT2D eigenvalue weighted by molar-refractivity contribution is 7.12. The molecule has 0 spiro atoms. The molecular weight excluding hydrogens is 284 g/mol. The van der Waals surface area contributed by atoms with Crippen LogP contribution in [0, 0.1) is 5.92 Å². The summed E-state index contributed by atoms with van der Waals surface area (Å²) in [5, 5.41) is 9.85. The van der Waals surface area contributed by atoms with Crippen LogP contribution >= 0.6 is 11.3 Å². The van der Waals surface area contributed by atoms with Crippen LogP contribution in [0.25, 0.3) is 6.08 Å². The molecule has 0 radical (unpaired) electrons. The summed E-state index contributed by atoms with van der Waals surface area (Å²) in [7, 11) is 0. The van der Waals surface area contributed by atoms with Crippen molar-refractivity contribution in [2.75, 3.05) is 19.6 Å². The van der Waals surface area contributed by atoms with Crippen molar-refractivity contribution in [3.8, 4) is 0 Å². The molecule has 21 heavy (non-hydrogen) atoms. The van der Waals surface area contributed by atoms with Gasteiger partial charge in [0, 0.05) is 25.6 Å². The summed E-state index contributed by atoms with van der Waals surface area (Å²) in [6.07, 6.45) is 7.32. The Morgan fingerprint density at radius 1 is 1.57 bits per heavy atom. The molecule has 0 aromatic carbocycles. The Hall–Kier alpha value is -1.20. The summed E-state index contributed by atoms with van der Waals surface area (Å²) < 4.78 is 0. The van der Waals surface area contributed by atoms with E-state index in [0.29, 0.717) is 0 Å². The summed E-state index contributed by atoms with van der Waals surface area (Å²) in [4.78, 5) is 18.8. The minimum atomic E-state index is -0.908. The van der Waals surface area contributed by atoms with Gasteiger partial charge in [0.15, 0.2) is 0 Å². The van der Waals surface area contributed by atoms with Crippen LogP contribution in [0.4, 0.5) is 0 Å². The van der Waals surface area contributed by atoms with Crippen molar-refractivity contribution in [1.29, 1.82) is 0 Å². The van der Waals surface area contributed by atoms with Gasteiger partial charge in [0.25, 0.3) is 0 Å². The van der Waals surface area contributed by atoms with Crippen molar-refractivity contribution in [3.63, 3.8) is 0 Å². The van der Waals surface area contributed by atoms with Crippen molar-refractivity contribution in [1.82, 2.24) is 9.88 Å². The molecule has 1 saturated heterocycles. The number of likely N-dealkylation sites (tertiary alicyclic amines) is 1. The topological polar surface area (TPSA) is 53.4 Å². The normalized spacial score (nSPS) is 20.2. The van der Waals surface area contributed by atoms with Crippen LogP contribution in [-0.2, 0) is 17.6 Å². The first-order valence-corrected chi connectivity index (χ1v) is 8.52. The second-order valence-corrected chi connectivity index (χ2v) is 6.86. The minimum Gasteiger partial charge on any atom is -0.478 e. The number of hydrogen-bond acceptors (Lipinski definition) is 4. The maximum absolute atomic E-state index is 10.6. The van der Waals surface area contributed by atoms with E-state index in [1.54, 1.807) is 17.4 Å². The van der Waals surface area contributed by atoms with Crippen molar-refractivity contribution in [2.24, 2.45) is 5.92 Å². The Balaban J connectivity index is 1.95. The van der Waals surface area contributed by atoms with Crippen LogP contribution < -0.4 is 0 Å². The van der Waals surface area contributed by atoms with Crippen LogP contribution in [0.5, 0.6) is 0 Å². The summed E-state index contributed by atoms with van der Waals surface area (Å²) in [6, 6.07) is 0. The zero-order valence-corrected chi connectivity index (χ0v) is 13.7. The van der Waals surface area contributed by atoms with Gasteiger partial charge in [0.05, 0.1) is 15.6 Å². The molecule has 4 nitrogen and oxygen atoms in total. The number of carboxylic acid groups (broad SMARTS) is 1. The van der Waals surface area contributed by atoms with Gasteiger partial charge in [0.2, 0.25) is 0 Å². The third-order valence-corrected chi connectivity index (χ3v) is 4.99. The molecule has 2 rings (SSSR count). The fourth-order valence-corrected chi connectivity index (χ4v) is 3.84. The predicted molar refractivity (Wildman–Crippen MR) is 86.7 cm³/mol. The number of nitrogens with zero attached hydrogens (tertiary/aromatic N) is 2. The molecule has 0 saturated carbocycles. The molecule has 1 atom stereocenters. The molecule has 2 heterocycles. The van der Waals surface area contributed by atoms with E-state index in [1.807, 2.05) is 0 Å². The highest BCUT2D eigenvalue weighted by Crippen LogP contribution is 2.22. The molecule has 1 unspecified atom stereocenters. The average Bonchev–Trinajstić information content (AvgIpc) is 2.85. The summed E-state index contributed by atoms with van der Waals surface area (Å²) in [6.45, 7) is 7.83. The van der Waals surface area contributed by atoms with Crippen LogP contribution in [0.15, 0.2) is 6.08 Å². The lowest BCUT2D eigenvalue weighted by molar-refractivity contribution is -0.131. The quantitative estimate of drug-likeness (QED) is 0.821. The Morgan fingerprint density at radius 3 is 3.05 bits per heavy atom. The Labute approximate surface area is 130 Å². The van der Waals surface area contributed by atoms with E-state index in [2.05, 4.69) is 23.7 Å². The van der Waals surface area contributed by atoms with Crippen LogP contribution in [0.2, 0.25) is 0 Å². The molecule has 1 aromatic heterocycles. The number of thiazole rings is 1. The van der Waals surface area contributed by atoms with Gasteiger partial charge in [-0.1, -0.05) is 13.8 Å². The molecule has 5 heteroatoms. The molecule has 1 fully saturated rings. The number of carboxylic acids is 1. The van der Waals surface area contributed by atoms with Gasteiger partial charge in [-0.15, -0.1) is 11.3 Å². The number of aliphatic carboxylic acids is 1. The maximum atomic E-state index is 10.6. The standard InChI is InChI=1S/C16H24N2O2S/c1-3-13-14(6-7-16(19)20)21-15(17-13)8-10-18-9-4-5-12(2)11-18/h6-7,12H,3-5,8-11H2,1-2H3,(H,19,20)/b7-6+. The van der Waals surface area contributed by atoms with Gasteiger partial charge in [-0.3, -0.25) is 0 Å². The van der Waals surface area contributed by atoms with E-state index < -0.39 is 5.97 Å². The molecule has 1 N–H and O–H groups in total. The monoisotopic (exact) mass is 308 g/mol. The molecule has 1 aliphatic heterocycles. The number of rotatable bonds is 6. The van der Waals surface area contributed by atoms with E-state index in [-0.39, 0.29) is 0 Å². The summed E-state index contributed by atoms with van der Waals surface area (Å²) in [5.74, 6) is -0.107. The van der Waals surface area contributed by atoms with Gasteiger partial charge in [-0.2, -0.15) is 0 Å². The second kappa shape index (κ2) is 7.71. The summed E-state index contributed by atoms with van der Waals surface area (Å²) >= 11 is 1.63. The smallest absolute Gasteiger partial charge is 0.328 e. The summed E-state index contributed by atoms with van der Waals surface area (Å²) in [5.41, 5.74) is 1.01. The van der Waals surface area contributed by atoms with Gasteiger partial charge in [0.1, 0.15) is 0 Å². The van der Waals surface area contributed by atoms with Crippen LogP contribution in [0.1, 0.15) is 42.3 Å². The molecule has 1 aliphatic rings. The second-order valence-electron chi connectivity index (χ2n) is 5.74. The molecule has 0 amide bonds.